The van der Waals surface area contributed by atoms with E-state index in [0.29, 0.717) is 4.47 Å². The average molecular weight is 374 g/mol. The van der Waals surface area contributed by atoms with E-state index in [0.717, 1.165) is 24.3 Å². The molecule has 2 aromatic carbocycles. The molecule has 0 saturated heterocycles. The van der Waals surface area contributed by atoms with E-state index in [1.165, 1.54) is 18.2 Å². The van der Waals surface area contributed by atoms with Gasteiger partial charge in [-0.2, -0.15) is 0 Å². The molecule has 2 aromatic rings. The Balaban J connectivity index is 2.35. The minimum atomic E-state index is -3.91. The highest BCUT2D eigenvalue weighted by Gasteiger charge is 2.16. The molecule has 0 radical (unpaired) electrons. The van der Waals surface area contributed by atoms with Crippen LogP contribution in [-0.4, -0.2) is 19.5 Å². The summed E-state index contributed by atoms with van der Waals surface area (Å²) in [7, 11) is -3.91. The lowest BCUT2D eigenvalue weighted by Crippen LogP contribution is -2.13. The number of carboxylic acids is 1. The molecule has 0 aliphatic carbocycles. The number of carbonyl (C=O) groups is 1. The van der Waals surface area contributed by atoms with Crippen molar-refractivity contribution in [1.82, 2.24) is 0 Å². The molecule has 0 aliphatic rings. The molecule has 0 aliphatic heterocycles. The molecule has 2 rings (SSSR count). The maximum atomic E-state index is 12.8. The molecule has 0 heterocycles. The number of anilines is 1. The molecule has 0 fully saturated rings. The summed E-state index contributed by atoms with van der Waals surface area (Å²) >= 11 is 3.06. The molecule has 0 unspecified atom stereocenters. The van der Waals surface area contributed by atoms with Gasteiger partial charge in [0, 0.05) is 10.2 Å². The maximum absolute atomic E-state index is 12.8. The van der Waals surface area contributed by atoms with Crippen molar-refractivity contribution in [2.45, 2.75) is 4.90 Å². The first-order valence-corrected chi connectivity index (χ1v) is 7.88. The van der Waals surface area contributed by atoms with Crippen molar-refractivity contribution in [3.63, 3.8) is 0 Å². The van der Waals surface area contributed by atoms with Gasteiger partial charge in [0.15, 0.2) is 0 Å². The first-order chi connectivity index (χ1) is 9.79. The second-order valence-electron chi connectivity index (χ2n) is 4.06. The predicted octanol–water partition coefficient (Wildman–Crippen LogP) is 3.09. The Morgan fingerprint density at radius 1 is 1.14 bits per heavy atom. The quantitative estimate of drug-likeness (QED) is 0.862. The fourth-order valence-corrected chi connectivity index (χ4v) is 3.05. The largest absolute Gasteiger partial charge is 0.478 e. The molecule has 0 aromatic heterocycles. The molecule has 0 atom stereocenters. The summed E-state index contributed by atoms with van der Waals surface area (Å²) in [5.74, 6) is -1.74. The van der Waals surface area contributed by atoms with Gasteiger partial charge in [0.2, 0.25) is 0 Å². The van der Waals surface area contributed by atoms with Gasteiger partial charge < -0.3 is 5.11 Å². The number of halogens is 2. The number of hydrogen-bond donors (Lipinski definition) is 2. The Morgan fingerprint density at radius 3 is 2.33 bits per heavy atom. The first kappa shape index (κ1) is 15.5. The number of hydrogen-bond acceptors (Lipinski definition) is 3. The van der Waals surface area contributed by atoms with Crippen LogP contribution in [0.15, 0.2) is 51.8 Å². The summed E-state index contributed by atoms with van der Waals surface area (Å²) in [6.45, 7) is 0. The summed E-state index contributed by atoms with van der Waals surface area (Å²) in [6, 6.07) is 8.32. The third kappa shape index (κ3) is 3.59. The summed E-state index contributed by atoms with van der Waals surface area (Å²) in [5.41, 5.74) is 0.0224. The molecule has 0 spiro atoms. The van der Waals surface area contributed by atoms with Crippen LogP contribution in [0.25, 0.3) is 0 Å². The highest BCUT2D eigenvalue weighted by atomic mass is 79.9. The van der Waals surface area contributed by atoms with Crippen LogP contribution in [0, 0.1) is 5.82 Å². The summed E-state index contributed by atoms with van der Waals surface area (Å²) < 4.78 is 39.5. The van der Waals surface area contributed by atoms with E-state index < -0.39 is 21.8 Å². The van der Waals surface area contributed by atoms with E-state index in [9.17, 15) is 17.6 Å². The van der Waals surface area contributed by atoms with E-state index in [1.54, 1.807) is 0 Å². The lowest BCUT2D eigenvalue weighted by molar-refractivity contribution is 0.0696. The normalized spacial score (nSPS) is 11.1. The third-order valence-corrected chi connectivity index (χ3v) is 4.66. The van der Waals surface area contributed by atoms with Crippen LogP contribution in [-0.2, 0) is 10.0 Å². The predicted molar refractivity (Wildman–Crippen MR) is 78.3 cm³/mol. The first-order valence-electron chi connectivity index (χ1n) is 5.61. The highest BCUT2D eigenvalue weighted by Crippen LogP contribution is 2.23. The second-order valence-corrected chi connectivity index (χ2v) is 6.60. The van der Waals surface area contributed by atoms with Gasteiger partial charge in [-0.3, -0.25) is 4.72 Å². The molecule has 8 heteroatoms. The Kier molecular flexibility index (Phi) is 4.29. The van der Waals surface area contributed by atoms with E-state index in [4.69, 9.17) is 5.11 Å². The molecule has 0 bridgehead atoms. The fraction of sp³-hybridized carbons (Fsp3) is 0. The average Bonchev–Trinajstić information content (AvgIpc) is 2.41. The molecule has 110 valence electrons. The van der Waals surface area contributed by atoms with Crippen LogP contribution in [0.2, 0.25) is 0 Å². The third-order valence-electron chi connectivity index (χ3n) is 2.57. The second kappa shape index (κ2) is 5.82. The smallest absolute Gasteiger partial charge is 0.336 e. The molecular formula is C13H9BrFNO4S. The molecule has 5 nitrogen and oxygen atoms in total. The van der Waals surface area contributed by atoms with Crippen LogP contribution in [0.4, 0.5) is 10.1 Å². The van der Waals surface area contributed by atoms with Gasteiger partial charge in [-0.05, 0) is 58.4 Å². The zero-order valence-electron chi connectivity index (χ0n) is 10.4. The van der Waals surface area contributed by atoms with Crippen LogP contribution in [0.3, 0.4) is 0 Å². The summed E-state index contributed by atoms with van der Waals surface area (Å²) in [4.78, 5) is 10.9. The Morgan fingerprint density at radius 2 is 1.76 bits per heavy atom. The van der Waals surface area contributed by atoms with Crippen molar-refractivity contribution >= 4 is 37.6 Å². The van der Waals surface area contributed by atoms with Crippen molar-refractivity contribution in [3.8, 4) is 0 Å². The minimum absolute atomic E-state index is 0.0747. The maximum Gasteiger partial charge on any atom is 0.336 e. The van der Waals surface area contributed by atoms with Crippen molar-refractivity contribution < 1.29 is 22.7 Å². The van der Waals surface area contributed by atoms with Crippen LogP contribution < -0.4 is 4.72 Å². The van der Waals surface area contributed by atoms with Crippen molar-refractivity contribution in [2.75, 3.05) is 4.72 Å². The zero-order chi connectivity index (χ0) is 15.6. The van der Waals surface area contributed by atoms with Gasteiger partial charge in [-0.25, -0.2) is 17.6 Å². The topological polar surface area (TPSA) is 83.5 Å². The molecule has 2 N–H and O–H groups in total. The van der Waals surface area contributed by atoms with Gasteiger partial charge in [-0.1, -0.05) is 0 Å². The van der Waals surface area contributed by atoms with E-state index >= 15 is 0 Å². The van der Waals surface area contributed by atoms with Gasteiger partial charge in [-0.15, -0.1) is 0 Å². The van der Waals surface area contributed by atoms with E-state index in [1.807, 2.05) is 0 Å². The Bertz CT molecular complexity index is 790. The van der Waals surface area contributed by atoms with Gasteiger partial charge in [0.05, 0.1) is 10.5 Å². The number of rotatable bonds is 4. The lowest BCUT2D eigenvalue weighted by Gasteiger charge is -2.09. The molecule has 21 heavy (non-hydrogen) atoms. The molecule has 0 amide bonds. The van der Waals surface area contributed by atoms with Crippen molar-refractivity contribution in [3.05, 3.63) is 58.3 Å². The SMILES string of the molecule is O=C(O)c1cc(NS(=O)(=O)c2ccc(F)cc2)ccc1Br. The zero-order valence-corrected chi connectivity index (χ0v) is 12.8. The van der Waals surface area contributed by atoms with E-state index in [2.05, 4.69) is 20.7 Å². The number of nitrogens with one attached hydrogen (secondary N) is 1. The van der Waals surface area contributed by atoms with Gasteiger partial charge in [0.25, 0.3) is 10.0 Å². The summed E-state index contributed by atoms with van der Waals surface area (Å²) in [5, 5.41) is 8.99. The van der Waals surface area contributed by atoms with Crippen molar-refractivity contribution in [2.24, 2.45) is 0 Å². The number of sulfonamides is 1. The monoisotopic (exact) mass is 373 g/mol. The molecule has 0 saturated carbocycles. The van der Waals surface area contributed by atoms with Crippen LogP contribution in [0.1, 0.15) is 10.4 Å². The van der Waals surface area contributed by atoms with E-state index in [-0.39, 0.29) is 16.1 Å². The molecular weight excluding hydrogens is 365 g/mol. The van der Waals surface area contributed by atoms with Crippen LogP contribution in [0.5, 0.6) is 0 Å². The Labute approximate surface area is 128 Å². The highest BCUT2D eigenvalue weighted by molar-refractivity contribution is 9.10. The number of carboxylic acid groups (broad SMARTS) is 1. The van der Waals surface area contributed by atoms with Crippen LogP contribution >= 0.6 is 15.9 Å². The minimum Gasteiger partial charge on any atom is -0.478 e. The Hall–Kier alpha value is -1.93. The number of benzene rings is 2. The van der Waals surface area contributed by atoms with Crippen molar-refractivity contribution in [1.29, 1.82) is 0 Å². The summed E-state index contributed by atoms with van der Waals surface area (Å²) in [6.07, 6.45) is 0. The fourth-order valence-electron chi connectivity index (χ4n) is 1.58. The number of aromatic carboxylic acids is 1. The standard InChI is InChI=1S/C13H9BrFNO4S/c14-12-6-3-9(7-11(12)13(17)18)16-21(19,20)10-4-1-8(15)2-5-10/h1-7,16H,(H,17,18). The lowest BCUT2D eigenvalue weighted by atomic mass is 10.2. The van der Waals surface area contributed by atoms with Gasteiger partial charge >= 0.3 is 5.97 Å². The van der Waals surface area contributed by atoms with Gasteiger partial charge in [0.1, 0.15) is 5.82 Å².